The minimum atomic E-state index is -0.00423. The summed E-state index contributed by atoms with van der Waals surface area (Å²) in [6.45, 7) is 2.74. The molecule has 2 amide bonds. The fourth-order valence-electron chi connectivity index (χ4n) is 6.74. The summed E-state index contributed by atoms with van der Waals surface area (Å²) in [5.74, 6) is 0.759. The molecule has 3 fully saturated rings. The number of benzene rings is 2. The van der Waals surface area contributed by atoms with Gasteiger partial charge < -0.3 is 14.9 Å². The second kappa shape index (κ2) is 11.4. The molecule has 1 aliphatic carbocycles. The number of amides is 2. The van der Waals surface area contributed by atoms with Crippen molar-refractivity contribution in [2.24, 2.45) is 5.92 Å². The first-order chi connectivity index (χ1) is 18.0. The van der Waals surface area contributed by atoms with E-state index in [4.69, 9.17) is 0 Å². The van der Waals surface area contributed by atoms with Gasteiger partial charge in [-0.25, -0.2) is 0 Å². The van der Waals surface area contributed by atoms with Crippen LogP contribution in [-0.2, 0) is 4.79 Å². The van der Waals surface area contributed by atoms with Gasteiger partial charge in [0.05, 0.1) is 6.61 Å². The van der Waals surface area contributed by atoms with Crippen LogP contribution < -0.4 is 0 Å². The molecule has 0 aromatic heterocycles. The predicted molar refractivity (Wildman–Crippen MR) is 146 cm³/mol. The zero-order valence-corrected chi connectivity index (χ0v) is 22.3. The lowest BCUT2D eigenvalue weighted by atomic mass is 9.74. The Hall–Kier alpha value is -2.70. The van der Waals surface area contributed by atoms with Gasteiger partial charge >= 0.3 is 0 Å². The van der Waals surface area contributed by atoms with Crippen molar-refractivity contribution < 1.29 is 14.7 Å². The molecule has 1 N–H and O–H groups in total. The fourth-order valence-corrected chi connectivity index (χ4v) is 6.74. The van der Waals surface area contributed by atoms with Crippen LogP contribution in [-0.4, -0.2) is 84.0 Å². The molecule has 0 unspecified atom stereocenters. The van der Waals surface area contributed by atoms with E-state index in [0.717, 1.165) is 56.4 Å². The molecule has 198 valence electrons. The molecule has 0 bridgehead atoms. The first-order valence-electron chi connectivity index (χ1n) is 14.1. The number of carbonyl (C=O) groups excluding carboxylic acids is 2. The SMILES string of the molecule is CN(C)C(=O)c1cccc(-c2ccc([C@H]3[C@H](CO)N4CCCCN(C(=O)C5CCCCC5)C[C@@H]34)cc2)c1. The van der Waals surface area contributed by atoms with E-state index < -0.39 is 0 Å². The molecule has 2 aromatic carbocycles. The Balaban J connectivity index is 1.35. The quantitative estimate of drug-likeness (QED) is 0.658. The third-order valence-corrected chi connectivity index (χ3v) is 8.78. The molecule has 5 rings (SSSR count). The highest BCUT2D eigenvalue weighted by Crippen LogP contribution is 2.42. The Bertz CT molecular complexity index is 1090. The Morgan fingerprint density at radius 1 is 0.919 bits per heavy atom. The van der Waals surface area contributed by atoms with E-state index in [2.05, 4.69) is 34.1 Å². The van der Waals surface area contributed by atoms with Crippen LogP contribution in [0.15, 0.2) is 48.5 Å². The van der Waals surface area contributed by atoms with Crippen LogP contribution in [0.4, 0.5) is 0 Å². The first-order valence-corrected chi connectivity index (χ1v) is 14.1. The Morgan fingerprint density at radius 2 is 1.65 bits per heavy atom. The third-order valence-electron chi connectivity index (χ3n) is 8.78. The lowest BCUT2D eigenvalue weighted by molar-refractivity contribution is -0.141. The molecule has 37 heavy (non-hydrogen) atoms. The van der Waals surface area contributed by atoms with E-state index in [1.165, 1.54) is 24.8 Å². The predicted octanol–water partition coefficient (Wildman–Crippen LogP) is 4.39. The van der Waals surface area contributed by atoms with E-state index in [-0.39, 0.29) is 36.4 Å². The highest BCUT2D eigenvalue weighted by atomic mass is 16.3. The zero-order chi connectivity index (χ0) is 25.9. The topological polar surface area (TPSA) is 64.1 Å². The van der Waals surface area contributed by atoms with Gasteiger partial charge in [0.2, 0.25) is 5.91 Å². The highest BCUT2D eigenvalue weighted by Gasteiger charge is 2.49. The van der Waals surface area contributed by atoms with Gasteiger partial charge in [-0.3, -0.25) is 14.5 Å². The van der Waals surface area contributed by atoms with Gasteiger partial charge in [0, 0.05) is 56.7 Å². The maximum absolute atomic E-state index is 13.4. The summed E-state index contributed by atoms with van der Waals surface area (Å²) in [5.41, 5.74) is 3.98. The van der Waals surface area contributed by atoms with Crippen LogP contribution in [0.1, 0.15) is 66.8 Å². The van der Waals surface area contributed by atoms with E-state index >= 15 is 0 Å². The molecule has 6 nitrogen and oxygen atoms in total. The van der Waals surface area contributed by atoms with Crippen molar-refractivity contribution >= 4 is 11.8 Å². The second-order valence-electron chi connectivity index (χ2n) is 11.3. The van der Waals surface area contributed by atoms with Crippen molar-refractivity contribution in [1.82, 2.24) is 14.7 Å². The van der Waals surface area contributed by atoms with Crippen molar-refractivity contribution in [2.45, 2.75) is 62.9 Å². The van der Waals surface area contributed by atoms with Crippen molar-refractivity contribution in [1.29, 1.82) is 0 Å². The zero-order valence-electron chi connectivity index (χ0n) is 22.3. The molecule has 2 heterocycles. The number of hydrogen-bond donors (Lipinski definition) is 1. The molecule has 2 aliphatic heterocycles. The summed E-state index contributed by atoms with van der Waals surface area (Å²) in [7, 11) is 3.53. The Labute approximate surface area is 221 Å². The molecule has 1 saturated carbocycles. The molecule has 3 atom stereocenters. The molecule has 6 heteroatoms. The number of hydrogen-bond acceptors (Lipinski definition) is 4. The van der Waals surface area contributed by atoms with Crippen molar-refractivity contribution in [3.05, 3.63) is 59.7 Å². The minimum Gasteiger partial charge on any atom is -0.395 e. The summed E-state index contributed by atoms with van der Waals surface area (Å²) in [6, 6.07) is 16.7. The van der Waals surface area contributed by atoms with Crippen LogP contribution in [0.2, 0.25) is 0 Å². The van der Waals surface area contributed by atoms with Gasteiger partial charge in [-0.05, 0) is 61.1 Å². The Morgan fingerprint density at radius 3 is 2.35 bits per heavy atom. The van der Waals surface area contributed by atoms with Crippen LogP contribution in [0.3, 0.4) is 0 Å². The first kappa shape index (κ1) is 25.9. The van der Waals surface area contributed by atoms with Crippen LogP contribution >= 0.6 is 0 Å². The average Bonchev–Trinajstić information content (AvgIpc) is 2.92. The number of nitrogens with zero attached hydrogens (tertiary/aromatic N) is 3. The molecular weight excluding hydrogens is 462 g/mol. The molecular formula is C31H41N3O3. The van der Waals surface area contributed by atoms with Crippen molar-refractivity contribution in [3.63, 3.8) is 0 Å². The summed E-state index contributed by atoms with van der Waals surface area (Å²) < 4.78 is 0. The largest absolute Gasteiger partial charge is 0.395 e. The van der Waals surface area contributed by atoms with Crippen molar-refractivity contribution in [2.75, 3.05) is 40.3 Å². The normalized spacial score (nSPS) is 24.9. The number of carbonyl (C=O) groups is 2. The Kier molecular flexibility index (Phi) is 7.96. The lowest BCUT2D eigenvalue weighted by Crippen LogP contribution is -2.68. The summed E-state index contributed by atoms with van der Waals surface area (Å²) in [4.78, 5) is 32.0. The average molecular weight is 504 g/mol. The van der Waals surface area contributed by atoms with Gasteiger partial charge in [0.15, 0.2) is 0 Å². The molecule has 0 spiro atoms. The summed E-state index contributed by atoms with van der Waals surface area (Å²) in [6.07, 6.45) is 7.78. The monoisotopic (exact) mass is 503 g/mol. The van der Waals surface area contributed by atoms with Gasteiger partial charge in [-0.1, -0.05) is 55.7 Å². The smallest absolute Gasteiger partial charge is 0.253 e. The second-order valence-corrected chi connectivity index (χ2v) is 11.3. The minimum absolute atomic E-state index is 0.00423. The number of aliphatic hydroxyl groups excluding tert-OH is 1. The van der Waals surface area contributed by atoms with Gasteiger partial charge in [0.1, 0.15) is 0 Å². The third kappa shape index (κ3) is 5.32. The fraction of sp³-hybridized carbons (Fsp3) is 0.548. The van der Waals surface area contributed by atoms with Gasteiger partial charge in [-0.15, -0.1) is 0 Å². The maximum Gasteiger partial charge on any atom is 0.253 e. The van der Waals surface area contributed by atoms with Crippen LogP contribution in [0.5, 0.6) is 0 Å². The van der Waals surface area contributed by atoms with Gasteiger partial charge in [-0.2, -0.15) is 0 Å². The highest BCUT2D eigenvalue weighted by molar-refractivity contribution is 5.95. The van der Waals surface area contributed by atoms with E-state index in [0.29, 0.717) is 11.5 Å². The number of rotatable bonds is 5. The van der Waals surface area contributed by atoms with E-state index in [1.807, 2.05) is 24.3 Å². The standard InChI is InChI=1S/C31H41N3O3/c1-32(2)30(36)26-12-8-11-25(19-26)22-13-15-23(16-14-22)29-27-20-33(31(37)24-9-4-3-5-10-24)17-6-7-18-34(27)28(29)21-35/h8,11-16,19,24,27-29,35H,3-7,9-10,17-18,20-21H2,1-2H3/t27-,28-,29+/m0/s1. The molecule has 2 saturated heterocycles. The van der Waals surface area contributed by atoms with Crippen molar-refractivity contribution in [3.8, 4) is 11.1 Å². The number of aliphatic hydroxyl groups is 1. The van der Waals surface area contributed by atoms with E-state index in [9.17, 15) is 14.7 Å². The molecule has 2 aromatic rings. The maximum atomic E-state index is 13.4. The summed E-state index contributed by atoms with van der Waals surface area (Å²) in [5, 5.41) is 10.3. The van der Waals surface area contributed by atoms with Gasteiger partial charge in [0.25, 0.3) is 5.91 Å². The molecule has 0 radical (unpaired) electrons. The lowest BCUT2D eigenvalue weighted by Gasteiger charge is -2.57. The number of fused-ring (bicyclic) bond motifs is 1. The van der Waals surface area contributed by atoms with E-state index in [1.54, 1.807) is 19.0 Å². The molecule has 3 aliphatic rings. The van der Waals surface area contributed by atoms with Crippen LogP contribution in [0.25, 0.3) is 11.1 Å². The van der Waals surface area contributed by atoms with Crippen LogP contribution in [0, 0.1) is 5.92 Å². The summed E-state index contributed by atoms with van der Waals surface area (Å²) >= 11 is 0.